The number of amides is 2. The van der Waals surface area contributed by atoms with Gasteiger partial charge < -0.3 is 9.73 Å². The minimum Gasteiger partial charge on any atom is -0.423 e. The van der Waals surface area contributed by atoms with Crippen LogP contribution in [0.2, 0.25) is 0 Å². The fraction of sp³-hybridized carbons (Fsp3) is 0.111. The molecule has 5 nitrogen and oxygen atoms in total. The molecule has 0 aliphatic heterocycles. The Hall–Kier alpha value is -3.08. The molecule has 2 aromatic carbocycles. The van der Waals surface area contributed by atoms with Gasteiger partial charge in [0.2, 0.25) is 0 Å². The monoisotopic (exact) mass is 307 g/mol. The Morgan fingerprint density at radius 2 is 1.61 bits per heavy atom. The summed E-state index contributed by atoms with van der Waals surface area (Å²) in [5.74, 6) is 0.628. The minimum absolute atomic E-state index is 0.175. The van der Waals surface area contributed by atoms with E-state index in [2.05, 4.69) is 15.6 Å². The average molecular weight is 307 g/mol. The number of rotatable bonds is 4. The number of carbonyl (C=O) groups excluding carboxylic acids is 1. The van der Waals surface area contributed by atoms with Gasteiger partial charge in [0.25, 0.3) is 0 Å². The van der Waals surface area contributed by atoms with Crippen molar-refractivity contribution in [2.75, 3.05) is 11.9 Å². The van der Waals surface area contributed by atoms with Gasteiger partial charge in [-0.15, -0.1) is 0 Å². The van der Waals surface area contributed by atoms with Gasteiger partial charge >= 0.3 is 12.0 Å². The third-order valence-electron chi connectivity index (χ3n) is 3.27. The van der Waals surface area contributed by atoms with Crippen molar-refractivity contribution in [3.8, 4) is 22.6 Å². The average Bonchev–Trinajstić information content (AvgIpc) is 3.00. The lowest BCUT2D eigenvalue weighted by atomic mass is 10.1. The second-order valence-electron chi connectivity index (χ2n) is 4.91. The van der Waals surface area contributed by atoms with Crippen LogP contribution >= 0.6 is 0 Å². The topological polar surface area (TPSA) is 67.2 Å². The molecule has 0 bridgehead atoms. The first-order valence-corrected chi connectivity index (χ1v) is 7.44. The quantitative estimate of drug-likeness (QED) is 0.761. The number of hydrogen-bond acceptors (Lipinski definition) is 3. The molecular weight excluding hydrogens is 290 g/mol. The molecule has 3 rings (SSSR count). The van der Waals surface area contributed by atoms with E-state index < -0.39 is 0 Å². The van der Waals surface area contributed by atoms with Crippen molar-refractivity contribution in [3.05, 3.63) is 60.7 Å². The lowest BCUT2D eigenvalue weighted by Crippen LogP contribution is -2.28. The number of nitrogens with zero attached hydrogens (tertiary/aromatic N) is 1. The molecule has 0 saturated heterocycles. The Morgan fingerprint density at radius 1 is 1.00 bits per heavy atom. The Kier molecular flexibility index (Phi) is 4.38. The van der Waals surface area contributed by atoms with Gasteiger partial charge in [0.05, 0.1) is 0 Å². The van der Waals surface area contributed by atoms with E-state index in [9.17, 15) is 4.79 Å². The minimum atomic E-state index is -0.340. The van der Waals surface area contributed by atoms with Gasteiger partial charge in [0, 0.05) is 17.7 Å². The van der Waals surface area contributed by atoms with Gasteiger partial charge in [-0.05, 0) is 6.92 Å². The smallest absolute Gasteiger partial charge is 0.322 e. The third-order valence-corrected chi connectivity index (χ3v) is 3.27. The summed E-state index contributed by atoms with van der Waals surface area (Å²) in [5.41, 5.74) is 2.53. The second-order valence-corrected chi connectivity index (χ2v) is 4.91. The summed E-state index contributed by atoms with van der Waals surface area (Å²) >= 11 is 0. The van der Waals surface area contributed by atoms with E-state index >= 15 is 0 Å². The number of anilines is 1. The van der Waals surface area contributed by atoms with Crippen molar-refractivity contribution in [1.29, 1.82) is 0 Å². The van der Waals surface area contributed by atoms with E-state index in [1.54, 1.807) is 0 Å². The largest absolute Gasteiger partial charge is 0.423 e. The molecule has 5 heteroatoms. The van der Waals surface area contributed by atoms with Crippen LogP contribution in [0.25, 0.3) is 22.6 Å². The maximum Gasteiger partial charge on any atom is 0.322 e. The van der Waals surface area contributed by atoms with Crippen LogP contribution in [0.5, 0.6) is 0 Å². The highest BCUT2D eigenvalue weighted by Crippen LogP contribution is 2.34. The molecule has 1 aromatic heterocycles. The predicted molar refractivity (Wildman–Crippen MR) is 90.1 cm³/mol. The van der Waals surface area contributed by atoms with Crippen molar-refractivity contribution < 1.29 is 9.21 Å². The molecule has 23 heavy (non-hydrogen) atoms. The number of aromatic nitrogens is 1. The number of oxazole rings is 1. The lowest BCUT2D eigenvalue weighted by molar-refractivity contribution is 0.252. The number of nitrogens with one attached hydrogen (secondary N) is 2. The second kappa shape index (κ2) is 6.79. The molecular formula is C18H17N3O2. The molecule has 0 aliphatic carbocycles. The van der Waals surface area contributed by atoms with Crippen LogP contribution in [0.15, 0.2) is 65.1 Å². The van der Waals surface area contributed by atoms with Crippen LogP contribution in [-0.2, 0) is 0 Å². The summed E-state index contributed by atoms with van der Waals surface area (Å²) in [6.07, 6.45) is 0. The van der Waals surface area contributed by atoms with Crippen LogP contribution in [-0.4, -0.2) is 17.6 Å². The molecule has 0 saturated carbocycles. The predicted octanol–water partition coefficient (Wildman–Crippen LogP) is 4.15. The van der Waals surface area contributed by atoms with Crippen LogP contribution in [0.4, 0.5) is 10.8 Å². The molecule has 0 radical (unpaired) electrons. The normalized spacial score (nSPS) is 10.3. The van der Waals surface area contributed by atoms with Gasteiger partial charge in [-0.2, -0.15) is 4.98 Å². The van der Waals surface area contributed by atoms with E-state index in [4.69, 9.17) is 4.42 Å². The Balaban J connectivity index is 2.02. The fourth-order valence-corrected chi connectivity index (χ4v) is 2.25. The van der Waals surface area contributed by atoms with Crippen LogP contribution < -0.4 is 10.6 Å². The molecule has 0 spiro atoms. The van der Waals surface area contributed by atoms with Crippen molar-refractivity contribution in [2.24, 2.45) is 0 Å². The van der Waals surface area contributed by atoms with Crippen LogP contribution in [0.1, 0.15) is 6.92 Å². The Labute approximate surface area is 134 Å². The molecule has 0 aliphatic rings. The van der Waals surface area contributed by atoms with Gasteiger partial charge in [-0.3, -0.25) is 5.32 Å². The molecule has 0 unspecified atom stereocenters. The lowest BCUT2D eigenvalue weighted by Gasteiger charge is -2.01. The van der Waals surface area contributed by atoms with E-state index in [1.807, 2.05) is 67.6 Å². The van der Waals surface area contributed by atoms with Crippen LogP contribution in [0, 0.1) is 0 Å². The van der Waals surface area contributed by atoms with E-state index in [1.165, 1.54) is 0 Å². The standard InChI is InChI=1S/C18H17N3O2/c1-2-19-17(22)21-18-20-15(13-9-5-3-6-10-13)16(23-18)14-11-7-4-8-12-14/h3-12H,2H2,1H3,(H2,19,20,21,22). The SMILES string of the molecule is CCNC(=O)Nc1nc(-c2ccccc2)c(-c2ccccc2)o1. The zero-order valence-electron chi connectivity index (χ0n) is 12.7. The summed E-state index contributed by atoms with van der Waals surface area (Å²) < 4.78 is 5.79. The van der Waals surface area contributed by atoms with Gasteiger partial charge in [0.15, 0.2) is 5.76 Å². The van der Waals surface area contributed by atoms with Gasteiger partial charge in [-0.1, -0.05) is 60.7 Å². The maximum absolute atomic E-state index is 11.7. The van der Waals surface area contributed by atoms with Crippen LogP contribution in [0.3, 0.4) is 0 Å². The fourth-order valence-electron chi connectivity index (χ4n) is 2.25. The van der Waals surface area contributed by atoms with E-state index in [0.717, 1.165) is 11.1 Å². The molecule has 0 fully saturated rings. The summed E-state index contributed by atoms with van der Waals surface area (Å²) in [6.45, 7) is 2.38. The van der Waals surface area contributed by atoms with E-state index in [0.29, 0.717) is 18.0 Å². The number of benzene rings is 2. The highest BCUT2D eigenvalue weighted by atomic mass is 16.4. The zero-order valence-corrected chi connectivity index (χ0v) is 12.7. The molecule has 116 valence electrons. The number of urea groups is 1. The van der Waals surface area contributed by atoms with Crippen molar-refractivity contribution in [2.45, 2.75) is 6.92 Å². The summed E-state index contributed by atoms with van der Waals surface area (Å²) in [6, 6.07) is 19.3. The first kappa shape index (κ1) is 14.8. The third kappa shape index (κ3) is 3.40. The first-order valence-electron chi connectivity index (χ1n) is 7.44. The zero-order chi connectivity index (χ0) is 16.1. The molecule has 2 amide bonds. The highest BCUT2D eigenvalue weighted by molar-refractivity contribution is 5.88. The number of carbonyl (C=O) groups is 1. The van der Waals surface area contributed by atoms with E-state index in [-0.39, 0.29) is 12.0 Å². The molecule has 1 heterocycles. The van der Waals surface area contributed by atoms with Crippen molar-refractivity contribution in [1.82, 2.24) is 10.3 Å². The maximum atomic E-state index is 11.7. The molecule has 2 N–H and O–H groups in total. The summed E-state index contributed by atoms with van der Waals surface area (Å²) in [5, 5.41) is 5.27. The Morgan fingerprint density at radius 3 is 2.22 bits per heavy atom. The molecule has 3 aromatic rings. The van der Waals surface area contributed by atoms with Gasteiger partial charge in [-0.25, -0.2) is 4.79 Å². The van der Waals surface area contributed by atoms with Crippen molar-refractivity contribution in [3.63, 3.8) is 0 Å². The number of hydrogen-bond donors (Lipinski definition) is 2. The van der Waals surface area contributed by atoms with Gasteiger partial charge in [0.1, 0.15) is 5.69 Å². The molecule has 0 atom stereocenters. The highest BCUT2D eigenvalue weighted by Gasteiger charge is 2.17. The van der Waals surface area contributed by atoms with Crippen molar-refractivity contribution >= 4 is 12.0 Å². The Bertz CT molecular complexity index is 726. The first-order chi connectivity index (χ1) is 11.3. The summed E-state index contributed by atoms with van der Waals surface area (Å²) in [4.78, 5) is 16.1. The summed E-state index contributed by atoms with van der Waals surface area (Å²) in [7, 11) is 0.